The Labute approximate surface area is 62.4 Å². The second-order valence-electron chi connectivity index (χ2n) is 4.02. The average molecular weight is 139 g/mol. The van der Waals surface area contributed by atoms with Crippen LogP contribution in [-0.4, -0.2) is 5.60 Å². The maximum atomic E-state index is 11.7. The fourth-order valence-electron chi connectivity index (χ4n) is 2.46. The summed E-state index contributed by atoms with van der Waals surface area (Å²) in [4.78, 5) is 0. The molecule has 1 radical (unpaired) electrons. The summed E-state index contributed by atoms with van der Waals surface area (Å²) < 4.78 is 0. The van der Waals surface area contributed by atoms with Gasteiger partial charge in [-0.1, -0.05) is 12.8 Å². The summed E-state index contributed by atoms with van der Waals surface area (Å²) in [5.41, 5.74) is -0.479. The van der Waals surface area contributed by atoms with E-state index in [2.05, 4.69) is 0 Å². The molecular weight excluding hydrogens is 124 g/mol. The molecule has 0 aliphatic heterocycles. The van der Waals surface area contributed by atoms with Crippen molar-refractivity contribution in [1.82, 2.24) is 0 Å². The molecular formula is C9H15O. The van der Waals surface area contributed by atoms with Gasteiger partial charge in [-0.3, -0.25) is 0 Å². The van der Waals surface area contributed by atoms with Crippen molar-refractivity contribution in [3.8, 4) is 0 Å². The lowest BCUT2D eigenvalue weighted by molar-refractivity contribution is -0.0622. The minimum Gasteiger partial charge on any atom is -0.229 e. The van der Waals surface area contributed by atoms with Gasteiger partial charge in [0.1, 0.15) is 5.60 Å². The van der Waals surface area contributed by atoms with Crippen LogP contribution >= 0.6 is 0 Å². The normalized spacial score (nSPS) is 47.1. The van der Waals surface area contributed by atoms with Crippen molar-refractivity contribution in [3.63, 3.8) is 0 Å². The van der Waals surface area contributed by atoms with E-state index >= 15 is 0 Å². The summed E-state index contributed by atoms with van der Waals surface area (Å²) in [5.74, 6) is 0.921. The highest BCUT2D eigenvalue weighted by Gasteiger charge is 2.37. The first-order chi connectivity index (χ1) is 4.79. The Morgan fingerprint density at radius 2 is 1.70 bits per heavy atom. The van der Waals surface area contributed by atoms with E-state index in [1.54, 1.807) is 0 Å². The van der Waals surface area contributed by atoms with Crippen LogP contribution in [0.25, 0.3) is 0 Å². The van der Waals surface area contributed by atoms with E-state index in [9.17, 15) is 5.11 Å². The first-order valence-corrected chi connectivity index (χ1v) is 4.49. The van der Waals surface area contributed by atoms with E-state index in [0.29, 0.717) is 0 Å². The Bertz CT molecular complexity index is 117. The van der Waals surface area contributed by atoms with Crippen LogP contribution in [0.3, 0.4) is 0 Å². The molecule has 3 saturated carbocycles. The Morgan fingerprint density at radius 1 is 1.00 bits per heavy atom. The van der Waals surface area contributed by atoms with E-state index < -0.39 is 5.60 Å². The average Bonchev–Trinajstić information content (AvgIpc) is 2.19. The molecule has 0 heterocycles. The zero-order valence-corrected chi connectivity index (χ0v) is 6.44. The molecule has 2 bridgehead atoms. The zero-order chi connectivity index (χ0) is 7.03. The summed E-state index contributed by atoms with van der Waals surface area (Å²) in [6.45, 7) is 0. The van der Waals surface area contributed by atoms with Gasteiger partial charge in [0.2, 0.25) is 0 Å². The predicted octanol–water partition coefficient (Wildman–Crippen LogP) is 2.53. The van der Waals surface area contributed by atoms with Crippen LogP contribution < -0.4 is 0 Å². The first-order valence-electron chi connectivity index (χ1n) is 4.49. The highest BCUT2D eigenvalue weighted by molar-refractivity contribution is 4.88. The summed E-state index contributed by atoms with van der Waals surface area (Å²) >= 11 is 0. The Kier molecular flexibility index (Phi) is 1.48. The molecule has 0 aromatic carbocycles. The van der Waals surface area contributed by atoms with Gasteiger partial charge in [0.15, 0.2) is 0 Å². The molecule has 1 heteroatoms. The third-order valence-corrected chi connectivity index (χ3v) is 3.26. The first kappa shape index (κ1) is 6.66. The summed E-state index contributed by atoms with van der Waals surface area (Å²) in [6, 6.07) is 0. The lowest BCUT2D eigenvalue weighted by Crippen LogP contribution is -2.29. The maximum Gasteiger partial charge on any atom is 0.104 e. The maximum absolute atomic E-state index is 11.7. The van der Waals surface area contributed by atoms with Gasteiger partial charge in [-0.05, 0) is 38.0 Å². The third kappa shape index (κ3) is 1.07. The highest BCUT2D eigenvalue weighted by atomic mass is 16.3. The van der Waals surface area contributed by atoms with Gasteiger partial charge in [0.05, 0.1) is 0 Å². The number of hydrogen-bond donors (Lipinski definition) is 0. The standard InChI is InChI=1S/C9H15O/c10-9-5-1-2-8(3-6-9)4-7-9/h8H,1-7H2. The molecule has 0 aromatic rings. The summed E-state index contributed by atoms with van der Waals surface area (Å²) in [6.07, 6.45) is 7.89. The molecule has 3 aliphatic carbocycles. The molecule has 0 amide bonds. The molecule has 3 fully saturated rings. The third-order valence-electron chi connectivity index (χ3n) is 3.26. The van der Waals surface area contributed by atoms with Gasteiger partial charge in [-0.15, -0.1) is 0 Å². The second-order valence-corrected chi connectivity index (χ2v) is 4.02. The lowest BCUT2D eigenvalue weighted by Gasteiger charge is -2.29. The molecule has 0 aromatic heterocycles. The number of hydrogen-bond acceptors (Lipinski definition) is 0. The van der Waals surface area contributed by atoms with E-state index in [1.165, 1.54) is 25.7 Å². The van der Waals surface area contributed by atoms with Gasteiger partial charge in [-0.25, -0.2) is 5.11 Å². The van der Waals surface area contributed by atoms with Crippen LogP contribution in [0.2, 0.25) is 0 Å². The van der Waals surface area contributed by atoms with Crippen LogP contribution in [0.15, 0.2) is 0 Å². The van der Waals surface area contributed by atoms with E-state index in [0.717, 1.165) is 25.2 Å². The van der Waals surface area contributed by atoms with Gasteiger partial charge in [-0.2, -0.15) is 0 Å². The molecule has 0 spiro atoms. The number of fused-ring (bicyclic) bond motifs is 4. The van der Waals surface area contributed by atoms with Crippen molar-refractivity contribution in [3.05, 3.63) is 0 Å². The Hall–Kier alpha value is -0.0400. The summed E-state index contributed by atoms with van der Waals surface area (Å²) in [5, 5.41) is 11.7. The van der Waals surface area contributed by atoms with Gasteiger partial charge >= 0.3 is 0 Å². The van der Waals surface area contributed by atoms with Crippen LogP contribution in [0.4, 0.5) is 0 Å². The molecule has 0 saturated heterocycles. The van der Waals surface area contributed by atoms with Gasteiger partial charge in [0.25, 0.3) is 0 Å². The largest absolute Gasteiger partial charge is 0.229 e. The lowest BCUT2D eigenvalue weighted by atomic mass is 9.81. The van der Waals surface area contributed by atoms with Crippen molar-refractivity contribution >= 4 is 0 Å². The Balaban J connectivity index is 2.11. The van der Waals surface area contributed by atoms with Crippen LogP contribution in [0, 0.1) is 5.92 Å². The minimum absolute atomic E-state index is 0.479. The second kappa shape index (κ2) is 2.23. The molecule has 0 unspecified atom stereocenters. The van der Waals surface area contributed by atoms with Crippen molar-refractivity contribution in [2.24, 2.45) is 5.92 Å². The van der Waals surface area contributed by atoms with Crippen LogP contribution in [0.1, 0.15) is 44.9 Å². The predicted molar refractivity (Wildman–Crippen MR) is 39.2 cm³/mol. The molecule has 0 atom stereocenters. The molecule has 1 nitrogen and oxygen atoms in total. The smallest absolute Gasteiger partial charge is 0.104 e. The zero-order valence-electron chi connectivity index (χ0n) is 6.44. The van der Waals surface area contributed by atoms with E-state index in [4.69, 9.17) is 0 Å². The number of rotatable bonds is 0. The monoisotopic (exact) mass is 139 g/mol. The Morgan fingerprint density at radius 3 is 2.40 bits per heavy atom. The van der Waals surface area contributed by atoms with Crippen molar-refractivity contribution in [2.45, 2.75) is 50.5 Å². The van der Waals surface area contributed by atoms with E-state index in [-0.39, 0.29) is 0 Å². The molecule has 3 aliphatic rings. The van der Waals surface area contributed by atoms with Crippen molar-refractivity contribution < 1.29 is 5.11 Å². The van der Waals surface area contributed by atoms with Gasteiger partial charge in [0, 0.05) is 0 Å². The molecule has 57 valence electrons. The summed E-state index contributed by atoms with van der Waals surface area (Å²) in [7, 11) is 0. The quantitative estimate of drug-likeness (QED) is 0.491. The fraction of sp³-hybridized carbons (Fsp3) is 1.00. The van der Waals surface area contributed by atoms with Crippen molar-refractivity contribution in [2.75, 3.05) is 0 Å². The molecule has 0 N–H and O–H groups in total. The molecule has 10 heavy (non-hydrogen) atoms. The fourth-order valence-corrected chi connectivity index (χ4v) is 2.46. The van der Waals surface area contributed by atoms with Crippen molar-refractivity contribution in [1.29, 1.82) is 0 Å². The van der Waals surface area contributed by atoms with Crippen LogP contribution in [-0.2, 0) is 5.11 Å². The highest BCUT2D eigenvalue weighted by Crippen LogP contribution is 2.41. The minimum atomic E-state index is -0.479. The molecule has 3 rings (SSSR count). The van der Waals surface area contributed by atoms with E-state index in [1.807, 2.05) is 0 Å². The SMILES string of the molecule is [O]C12CCCC(CC1)CC2. The van der Waals surface area contributed by atoms with Gasteiger partial charge < -0.3 is 0 Å². The topological polar surface area (TPSA) is 19.9 Å². The van der Waals surface area contributed by atoms with Crippen LogP contribution in [0.5, 0.6) is 0 Å².